The van der Waals surface area contributed by atoms with Crippen LogP contribution >= 0.6 is 11.8 Å². The van der Waals surface area contributed by atoms with E-state index in [4.69, 9.17) is 4.74 Å². The van der Waals surface area contributed by atoms with Crippen molar-refractivity contribution < 1.29 is 19.4 Å². The van der Waals surface area contributed by atoms with Crippen molar-refractivity contribution in [2.75, 3.05) is 0 Å². The number of carbonyl (C=O) groups excluding carboxylic acids is 1. The third kappa shape index (κ3) is 5.03. The summed E-state index contributed by atoms with van der Waals surface area (Å²) in [7, 11) is 0. The molecule has 10 nitrogen and oxygen atoms in total. The summed E-state index contributed by atoms with van der Waals surface area (Å²) in [5.74, 6) is -0.690. The molecule has 0 unspecified atom stereocenters. The van der Waals surface area contributed by atoms with E-state index in [0.29, 0.717) is 21.0 Å². The molecule has 0 spiro atoms. The van der Waals surface area contributed by atoms with Gasteiger partial charge in [0, 0.05) is 17.7 Å². The molecule has 0 saturated carbocycles. The maximum absolute atomic E-state index is 13.0. The maximum Gasteiger partial charge on any atom is 0.345 e. The van der Waals surface area contributed by atoms with Crippen LogP contribution in [0.25, 0.3) is 0 Å². The van der Waals surface area contributed by atoms with Gasteiger partial charge in [-0.2, -0.15) is 5.10 Å². The van der Waals surface area contributed by atoms with Crippen LogP contribution in [0.4, 0.5) is 11.4 Å². The van der Waals surface area contributed by atoms with Crippen molar-refractivity contribution >= 4 is 29.1 Å². The smallest absolute Gasteiger partial charge is 0.345 e. The number of rotatable bonds is 6. The zero-order valence-corrected chi connectivity index (χ0v) is 19.5. The minimum Gasteiger partial charge on any atom is -0.403 e. The number of carbonyl (C=O) groups is 1. The molecule has 0 atom stereocenters. The van der Waals surface area contributed by atoms with Crippen LogP contribution in [0.3, 0.4) is 0 Å². The monoisotopic (exact) mass is 470 g/mol. The predicted molar refractivity (Wildman–Crippen MR) is 122 cm³/mol. The predicted octanol–water partition coefficient (Wildman–Crippen LogP) is 5.44. The Labute approximate surface area is 193 Å². The lowest BCUT2D eigenvalue weighted by molar-refractivity contribution is -0.387. The average molecular weight is 471 g/mol. The van der Waals surface area contributed by atoms with Gasteiger partial charge in [0.15, 0.2) is 0 Å². The van der Waals surface area contributed by atoms with Gasteiger partial charge < -0.3 is 4.74 Å². The number of hydrogen-bond donors (Lipinski definition) is 0. The van der Waals surface area contributed by atoms with E-state index in [9.17, 15) is 25.0 Å². The van der Waals surface area contributed by atoms with Gasteiger partial charge in [0.25, 0.3) is 11.4 Å². The minimum absolute atomic E-state index is 0.00764. The van der Waals surface area contributed by atoms with Crippen molar-refractivity contribution in [3.63, 3.8) is 0 Å². The normalized spacial score (nSPS) is 11.3. The lowest BCUT2D eigenvalue weighted by atomic mass is 10.1. The molecule has 33 heavy (non-hydrogen) atoms. The van der Waals surface area contributed by atoms with E-state index in [-0.39, 0.29) is 22.8 Å². The van der Waals surface area contributed by atoms with Crippen LogP contribution in [-0.2, 0) is 5.54 Å². The van der Waals surface area contributed by atoms with Crippen molar-refractivity contribution in [3.8, 4) is 5.88 Å². The second-order valence-electron chi connectivity index (χ2n) is 8.28. The largest absolute Gasteiger partial charge is 0.403 e. The standard InChI is InChI=1S/C22H22N4O6S/c1-13-10-11-15(12-17(13)26(30)31)21(27)32-20-19(14(2)23-24(20)22(3,4)5)33-18-9-7-6-8-16(18)25(28)29/h6-12H,1-5H3. The summed E-state index contributed by atoms with van der Waals surface area (Å²) < 4.78 is 7.23. The number of hydrogen-bond acceptors (Lipinski definition) is 8. The molecule has 3 rings (SSSR count). The highest BCUT2D eigenvalue weighted by atomic mass is 32.2. The molecule has 0 bridgehead atoms. The Balaban J connectivity index is 2.08. The Hall–Kier alpha value is -3.73. The van der Waals surface area contributed by atoms with Gasteiger partial charge in [0.05, 0.1) is 36.4 Å². The van der Waals surface area contributed by atoms with Gasteiger partial charge >= 0.3 is 5.97 Å². The molecular formula is C22H22N4O6S. The van der Waals surface area contributed by atoms with Crippen LogP contribution in [0.1, 0.15) is 42.4 Å². The van der Waals surface area contributed by atoms with E-state index < -0.39 is 21.4 Å². The molecule has 1 heterocycles. The molecule has 0 N–H and O–H groups in total. The first-order chi connectivity index (χ1) is 15.4. The minimum atomic E-state index is -0.798. The van der Waals surface area contributed by atoms with Crippen LogP contribution in [-0.4, -0.2) is 25.6 Å². The van der Waals surface area contributed by atoms with Crippen molar-refractivity contribution in [1.82, 2.24) is 9.78 Å². The highest BCUT2D eigenvalue weighted by Gasteiger charge is 2.29. The molecule has 2 aromatic carbocycles. The van der Waals surface area contributed by atoms with E-state index in [2.05, 4.69) is 5.10 Å². The SMILES string of the molecule is Cc1ccc(C(=O)Oc2c(Sc3ccccc3[N+](=O)[O-])c(C)nn2C(C)(C)C)cc1[N+](=O)[O-]. The molecule has 0 aliphatic carbocycles. The molecule has 1 aromatic heterocycles. The van der Waals surface area contributed by atoms with Crippen LogP contribution in [0.2, 0.25) is 0 Å². The molecule has 0 saturated heterocycles. The molecule has 11 heteroatoms. The van der Waals surface area contributed by atoms with E-state index in [1.807, 2.05) is 20.8 Å². The van der Waals surface area contributed by atoms with Crippen LogP contribution in [0, 0.1) is 34.1 Å². The highest BCUT2D eigenvalue weighted by molar-refractivity contribution is 7.99. The highest BCUT2D eigenvalue weighted by Crippen LogP contribution is 2.43. The first-order valence-corrected chi connectivity index (χ1v) is 10.7. The third-order valence-electron chi connectivity index (χ3n) is 4.71. The molecule has 0 aliphatic heterocycles. The fourth-order valence-corrected chi connectivity index (χ4v) is 4.06. The van der Waals surface area contributed by atoms with Crippen molar-refractivity contribution in [2.45, 2.75) is 49.9 Å². The second-order valence-corrected chi connectivity index (χ2v) is 9.33. The molecule has 0 amide bonds. The van der Waals surface area contributed by atoms with Gasteiger partial charge in [-0.05, 0) is 46.8 Å². The third-order valence-corrected chi connectivity index (χ3v) is 5.94. The zero-order valence-electron chi connectivity index (χ0n) is 18.7. The topological polar surface area (TPSA) is 130 Å². The summed E-state index contributed by atoms with van der Waals surface area (Å²) in [6.45, 7) is 8.90. The van der Waals surface area contributed by atoms with E-state index in [1.54, 1.807) is 32.0 Å². The van der Waals surface area contributed by atoms with Crippen molar-refractivity contribution in [2.24, 2.45) is 0 Å². The number of nitro benzene ring substituents is 2. The Morgan fingerprint density at radius 3 is 2.27 bits per heavy atom. The zero-order chi connectivity index (χ0) is 24.5. The maximum atomic E-state index is 13.0. The molecule has 3 aromatic rings. The molecule has 0 fully saturated rings. The number of esters is 1. The fourth-order valence-electron chi connectivity index (χ4n) is 3.04. The first kappa shape index (κ1) is 23.9. The number of nitrogens with zero attached hydrogens (tertiary/aromatic N) is 4. The summed E-state index contributed by atoms with van der Waals surface area (Å²) >= 11 is 1.07. The van der Waals surface area contributed by atoms with E-state index >= 15 is 0 Å². The average Bonchev–Trinajstić information content (AvgIpc) is 3.04. The number of para-hydroxylation sites is 1. The summed E-state index contributed by atoms with van der Waals surface area (Å²) in [5, 5.41) is 27.2. The van der Waals surface area contributed by atoms with Crippen LogP contribution in [0.5, 0.6) is 5.88 Å². The Morgan fingerprint density at radius 1 is 1.03 bits per heavy atom. The Kier molecular flexibility index (Phi) is 6.54. The molecule has 172 valence electrons. The quantitative estimate of drug-likeness (QED) is 0.264. The van der Waals surface area contributed by atoms with Gasteiger partial charge in [-0.1, -0.05) is 30.0 Å². The summed E-state index contributed by atoms with van der Waals surface area (Å²) in [5.41, 5.74) is 0.0799. The molecular weight excluding hydrogens is 448 g/mol. The number of nitro groups is 2. The van der Waals surface area contributed by atoms with Gasteiger partial charge in [-0.25, -0.2) is 9.48 Å². The van der Waals surface area contributed by atoms with Gasteiger partial charge in [-0.3, -0.25) is 20.2 Å². The van der Waals surface area contributed by atoms with Crippen molar-refractivity contribution in [1.29, 1.82) is 0 Å². The van der Waals surface area contributed by atoms with E-state index in [1.165, 1.54) is 22.9 Å². The van der Waals surface area contributed by atoms with Crippen LogP contribution < -0.4 is 4.74 Å². The Bertz CT molecular complexity index is 1260. The lowest BCUT2D eigenvalue weighted by Gasteiger charge is -2.22. The van der Waals surface area contributed by atoms with Gasteiger partial charge in [-0.15, -0.1) is 0 Å². The number of aromatic nitrogens is 2. The first-order valence-electron chi connectivity index (χ1n) is 9.88. The summed E-state index contributed by atoms with van der Waals surface area (Å²) in [4.78, 5) is 35.4. The number of ether oxygens (including phenoxy) is 1. The fraction of sp³-hybridized carbons (Fsp3) is 0.273. The lowest BCUT2D eigenvalue weighted by Crippen LogP contribution is -2.25. The van der Waals surface area contributed by atoms with Crippen LogP contribution in [0.15, 0.2) is 52.3 Å². The molecule has 0 aliphatic rings. The van der Waals surface area contributed by atoms with Crippen molar-refractivity contribution in [3.05, 3.63) is 79.5 Å². The summed E-state index contributed by atoms with van der Waals surface area (Å²) in [6.07, 6.45) is 0. The van der Waals surface area contributed by atoms with Gasteiger partial charge in [0.2, 0.25) is 5.88 Å². The molecule has 0 radical (unpaired) electrons. The van der Waals surface area contributed by atoms with Gasteiger partial charge in [0.1, 0.15) is 0 Å². The number of aryl methyl sites for hydroxylation is 2. The summed E-state index contributed by atoms with van der Waals surface area (Å²) in [6, 6.07) is 10.3. The Morgan fingerprint density at radius 2 is 1.67 bits per heavy atom. The second kappa shape index (κ2) is 9.02. The number of benzene rings is 2. The van der Waals surface area contributed by atoms with E-state index in [0.717, 1.165) is 17.8 Å².